The van der Waals surface area contributed by atoms with Crippen molar-refractivity contribution >= 4 is 52.6 Å². The number of carbonyl (C=O) groups excluding carboxylic acids is 2. The predicted molar refractivity (Wildman–Crippen MR) is 517 cm³/mol. The molecule has 0 radical (unpaired) electrons. The number of esters is 2. The molecule has 0 aliphatic rings. The molecule has 4 unspecified atom stereocenters. The Morgan fingerprint density at radius 1 is 0.259 bits per heavy atom. The summed E-state index contributed by atoms with van der Waals surface area (Å²) in [5, 5.41) is 18.7. The fourth-order valence-electron chi connectivity index (χ4n) is 15.8. The highest BCUT2D eigenvalue weighted by Crippen LogP contribution is 2.30. The van der Waals surface area contributed by atoms with E-state index in [2.05, 4.69) is 115 Å². The minimum Gasteiger partial charge on any atom is -0.465 e. The van der Waals surface area contributed by atoms with E-state index in [1.807, 2.05) is 0 Å². The highest BCUT2D eigenvalue weighted by Gasteiger charge is 2.31. The molecule has 0 aromatic rings. The Bertz CT molecular complexity index is 1800. The van der Waals surface area contributed by atoms with Crippen LogP contribution >= 0.6 is 23.5 Å². The molecule has 0 aliphatic heterocycles. The van der Waals surface area contributed by atoms with E-state index in [4.69, 9.17) is 27.2 Å². The van der Waals surface area contributed by atoms with Crippen LogP contribution in [0.4, 0.5) is 0 Å². The van der Waals surface area contributed by atoms with Crippen molar-refractivity contribution in [1.29, 1.82) is 0 Å². The fraction of sp³-hybridized carbons (Fsp3) is 0.980. The van der Waals surface area contributed by atoms with E-state index in [9.17, 15) is 19.8 Å². The van der Waals surface area contributed by atoms with E-state index < -0.39 is 17.1 Å². The molecule has 0 amide bonds. The third-order valence-electron chi connectivity index (χ3n) is 23.4. The number of ether oxygens (including phenoxy) is 2. The van der Waals surface area contributed by atoms with Crippen LogP contribution in [0, 0.1) is 11.8 Å². The molecule has 0 bridgehead atoms. The SMILES string of the molecule is CCCCCCCCSC(CCCCCCC)O[Si](C)(C)OCCCCCCN(CCCCO)CCCCCCOC(=O)C(CCCCCC)CCCCCCCC.CCCCCCCCSC(CCCCCCC)O[Si](C)(C)OCCCCCCN(CCCCO)CCCCCCOC(=O)C(CCCCCC)CCCCCCCC. The van der Waals surface area contributed by atoms with Gasteiger partial charge in [-0.25, -0.2) is 0 Å². The van der Waals surface area contributed by atoms with Crippen LogP contribution in [0.25, 0.3) is 0 Å². The lowest BCUT2D eigenvalue weighted by Crippen LogP contribution is -2.38. The van der Waals surface area contributed by atoms with Crippen molar-refractivity contribution in [3.63, 3.8) is 0 Å². The van der Waals surface area contributed by atoms with Crippen LogP contribution in [0.3, 0.4) is 0 Å². The molecule has 116 heavy (non-hydrogen) atoms. The molecular formula is C100H206N2O10S2Si2. The van der Waals surface area contributed by atoms with Crippen molar-refractivity contribution in [2.24, 2.45) is 11.8 Å². The number of hydrogen-bond acceptors (Lipinski definition) is 14. The molecule has 4 atom stereocenters. The zero-order valence-electron chi connectivity index (χ0n) is 80.2. The fourth-order valence-corrected chi connectivity index (χ4v) is 22.5. The normalized spacial score (nSPS) is 13.1. The number of aliphatic hydroxyl groups excluding tert-OH is 2. The number of rotatable bonds is 96. The van der Waals surface area contributed by atoms with Crippen molar-refractivity contribution < 1.29 is 47.0 Å². The number of aliphatic hydroxyl groups is 2. The minimum absolute atomic E-state index is 0.0659. The molecule has 0 aromatic heterocycles. The van der Waals surface area contributed by atoms with Crippen molar-refractivity contribution in [1.82, 2.24) is 9.80 Å². The summed E-state index contributed by atoms with van der Waals surface area (Å²) in [6.45, 7) is 37.2. The lowest BCUT2D eigenvalue weighted by Gasteiger charge is -2.29. The van der Waals surface area contributed by atoms with Gasteiger partial charge in [0.2, 0.25) is 0 Å². The largest absolute Gasteiger partial charge is 0.465 e. The van der Waals surface area contributed by atoms with E-state index >= 15 is 0 Å². The van der Waals surface area contributed by atoms with Crippen LogP contribution < -0.4 is 0 Å². The van der Waals surface area contributed by atoms with Crippen LogP contribution in [-0.2, 0) is 36.8 Å². The first-order chi connectivity index (χ1) is 56.7. The van der Waals surface area contributed by atoms with Crippen LogP contribution in [0.15, 0.2) is 0 Å². The van der Waals surface area contributed by atoms with E-state index in [1.165, 1.54) is 320 Å². The number of hydrogen-bond donors (Lipinski definition) is 2. The van der Waals surface area contributed by atoms with Crippen molar-refractivity contribution in [3.8, 4) is 0 Å². The zero-order valence-corrected chi connectivity index (χ0v) is 83.8. The maximum Gasteiger partial charge on any atom is 0.332 e. The lowest BCUT2D eigenvalue weighted by molar-refractivity contribution is -0.150. The number of unbranched alkanes of at least 4 members (excludes halogenated alkanes) is 48. The second-order valence-corrected chi connectivity index (χ2v) is 45.2. The Hall–Kier alpha value is -0.246. The van der Waals surface area contributed by atoms with Gasteiger partial charge in [0.1, 0.15) is 0 Å². The van der Waals surface area contributed by atoms with Gasteiger partial charge in [-0.1, -0.05) is 364 Å². The average molecular weight is 1720 g/mol. The van der Waals surface area contributed by atoms with Gasteiger partial charge in [0.05, 0.1) is 35.9 Å². The Kier molecular flexibility index (Phi) is 95.4. The summed E-state index contributed by atoms with van der Waals surface area (Å²) in [7, 11) is -4.33. The number of nitrogens with zero attached hydrogens (tertiary/aromatic N) is 2. The predicted octanol–water partition coefficient (Wildman–Crippen LogP) is 31.2. The third kappa shape index (κ3) is 85.9. The third-order valence-corrected chi connectivity index (χ3v) is 29.7. The highest BCUT2D eigenvalue weighted by atomic mass is 32.2. The van der Waals surface area contributed by atoms with Crippen molar-refractivity contribution in [3.05, 3.63) is 0 Å². The first-order valence-electron chi connectivity index (χ1n) is 51.5. The van der Waals surface area contributed by atoms with Gasteiger partial charge in [-0.3, -0.25) is 9.59 Å². The smallest absolute Gasteiger partial charge is 0.332 e. The molecule has 0 fully saturated rings. The quantitative estimate of drug-likeness (QED) is 0.0259. The Morgan fingerprint density at radius 3 is 0.733 bits per heavy atom. The minimum atomic E-state index is -2.16. The summed E-state index contributed by atoms with van der Waals surface area (Å²) in [4.78, 5) is 31.3. The Balaban J connectivity index is 0. The van der Waals surface area contributed by atoms with Gasteiger partial charge < -0.3 is 47.2 Å². The summed E-state index contributed by atoms with van der Waals surface area (Å²) >= 11 is 4.10. The number of thioether (sulfide) groups is 2. The van der Waals surface area contributed by atoms with Crippen LogP contribution in [-0.4, -0.2) is 150 Å². The maximum absolute atomic E-state index is 13.0. The van der Waals surface area contributed by atoms with Gasteiger partial charge in [0.15, 0.2) is 0 Å². The molecule has 12 nitrogen and oxygen atoms in total. The summed E-state index contributed by atoms with van der Waals surface area (Å²) in [5.74, 6) is 2.75. The first-order valence-corrected chi connectivity index (χ1v) is 59.3. The van der Waals surface area contributed by atoms with Gasteiger partial charge >= 0.3 is 29.1 Å². The van der Waals surface area contributed by atoms with E-state index in [-0.39, 0.29) is 47.9 Å². The van der Waals surface area contributed by atoms with Crippen LogP contribution in [0.1, 0.15) is 492 Å². The topological polar surface area (TPSA) is 136 Å². The standard InChI is InChI=1S/2C50H103NO5SSi/c2*1-7-11-15-19-22-29-39-48(38-28-18-14-10-4)50(53)54-45-35-25-23-31-41-51(43-33-34-44-52)42-32-24-26-36-46-55-58(5,6)56-49(40-30-21-17-13-9-3)57-47-37-27-20-16-12-8-2/h2*48-49,52H,7-47H2,1-6H3. The molecule has 0 heterocycles. The number of carbonyl (C=O) groups is 2. The lowest BCUT2D eigenvalue weighted by atomic mass is 9.94. The summed E-state index contributed by atoms with van der Waals surface area (Å²) < 4.78 is 38.2. The summed E-state index contributed by atoms with van der Waals surface area (Å²) in [6, 6.07) is 0. The molecule has 0 rings (SSSR count). The highest BCUT2D eigenvalue weighted by molar-refractivity contribution is 8.00. The Morgan fingerprint density at radius 2 is 0.466 bits per heavy atom. The second-order valence-electron chi connectivity index (χ2n) is 36.0. The van der Waals surface area contributed by atoms with Crippen molar-refractivity contribution in [2.75, 3.05) is 90.4 Å². The molecule has 16 heteroatoms. The van der Waals surface area contributed by atoms with E-state index in [0.717, 1.165) is 181 Å². The van der Waals surface area contributed by atoms with Gasteiger partial charge in [0.25, 0.3) is 0 Å². The van der Waals surface area contributed by atoms with Gasteiger partial charge in [-0.2, -0.15) is 0 Å². The summed E-state index contributed by atoms with van der Waals surface area (Å²) in [6.07, 6.45) is 83.2. The molecule has 0 saturated carbocycles. The van der Waals surface area contributed by atoms with E-state index in [0.29, 0.717) is 13.2 Å². The van der Waals surface area contributed by atoms with Crippen LogP contribution in [0.5, 0.6) is 0 Å². The maximum atomic E-state index is 13.0. The first kappa shape index (κ1) is 118. The monoisotopic (exact) mass is 1720 g/mol. The molecule has 0 spiro atoms. The van der Waals surface area contributed by atoms with Gasteiger partial charge in [-0.15, -0.1) is 23.5 Å². The Labute approximate surface area is 735 Å². The van der Waals surface area contributed by atoms with Crippen LogP contribution in [0.2, 0.25) is 26.2 Å². The summed E-state index contributed by atoms with van der Waals surface area (Å²) in [5.41, 5.74) is 0.575. The van der Waals surface area contributed by atoms with Gasteiger partial charge in [-0.05, 0) is 205 Å². The van der Waals surface area contributed by atoms with E-state index in [1.54, 1.807) is 0 Å². The molecule has 2 N–H and O–H groups in total. The molecule has 696 valence electrons. The van der Waals surface area contributed by atoms with Crippen molar-refractivity contribution in [2.45, 2.75) is 529 Å². The van der Waals surface area contributed by atoms with Gasteiger partial charge in [0, 0.05) is 26.4 Å². The second kappa shape index (κ2) is 93.9. The molecular weight excluding hydrogens is 1510 g/mol. The molecule has 0 aromatic carbocycles. The molecule has 0 aliphatic carbocycles. The molecule has 0 saturated heterocycles. The average Bonchev–Trinajstić information content (AvgIpc) is 0.903. The zero-order chi connectivity index (χ0) is 85.3.